The van der Waals surface area contributed by atoms with Crippen LogP contribution in [0.5, 0.6) is 0 Å². The van der Waals surface area contributed by atoms with Crippen LogP contribution in [0.2, 0.25) is 0 Å². The van der Waals surface area contributed by atoms with E-state index in [1.165, 1.54) is 36.1 Å². The summed E-state index contributed by atoms with van der Waals surface area (Å²) in [6.07, 6.45) is 11.9. The Bertz CT molecular complexity index is 1000. The Labute approximate surface area is 187 Å². The molecule has 0 aromatic heterocycles. The molecule has 0 aliphatic heterocycles. The molecule has 0 heterocycles. The summed E-state index contributed by atoms with van der Waals surface area (Å²) in [6.45, 7) is 6.43. The summed E-state index contributed by atoms with van der Waals surface area (Å²) in [5.74, 6) is 2.51. The highest BCUT2D eigenvalue weighted by molar-refractivity contribution is 5.91. The third-order valence-electron chi connectivity index (χ3n) is 8.88. The van der Waals surface area contributed by atoms with Crippen LogP contribution in [0, 0.1) is 23.2 Å². The molecular formula is C29H35NO. The molecule has 31 heavy (non-hydrogen) atoms. The molecule has 4 aliphatic carbocycles. The first-order valence-electron chi connectivity index (χ1n) is 12.0. The lowest BCUT2D eigenvalue weighted by Crippen LogP contribution is -2.40. The Morgan fingerprint density at radius 1 is 1.06 bits per heavy atom. The Morgan fingerprint density at radius 3 is 2.55 bits per heavy atom. The zero-order valence-corrected chi connectivity index (χ0v) is 19.3. The van der Waals surface area contributed by atoms with Gasteiger partial charge in [-0.3, -0.25) is 4.79 Å². The normalized spacial score (nSPS) is 34.3. The maximum atomic E-state index is 12.2. The van der Waals surface area contributed by atoms with Crippen molar-refractivity contribution >= 4 is 11.5 Å². The molecule has 2 nitrogen and oxygen atoms in total. The van der Waals surface area contributed by atoms with Gasteiger partial charge in [-0.05, 0) is 85.6 Å². The third kappa shape index (κ3) is 3.28. The first-order chi connectivity index (χ1) is 14.9. The van der Waals surface area contributed by atoms with E-state index in [1.807, 2.05) is 6.08 Å². The van der Waals surface area contributed by atoms with E-state index in [-0.39, 0.29) is 5.41 Å². The molecule has 162 valence electrons. The monoisotopic (exact) mass is 413 g/mol. The minimum absolute atomic E-state index is 0.278. The number of hydrogen-bond acceptors (Lipinski definition) is 2. The fourth-order valence-electron chi connectivity index (χ4n) is 7.34. The van der Waals surface area contributed by atoms with Crippen molar-refractivity contribution in [2.75, 3.05) is 19.0 Å². The molecule has 5 atom stereocenters. The highest BCUT2D eigenvalue weighted by atomic mass is 16.1. The topological polar surface area (TPSA) is 20.3 Å². The van der Waals surface area contributed by atoms with Crippen LogP contribution in [-0.4, -0.2) is 19.9 Å². The van der Waals surface area contributed by atoms with Gasteiger partial charge in [0.25, 0.3) is 0 Å². The number of nitrogens with zero attached hydrogens (tertiary/aromatic N) is 1. The van der Waals surface area contributed by atoms with Gasteiger partial charge >= 0.3 is 0 Å². The van der Waals surface area contributed by atoms with Gasteiger partial charge in [-0.1, -0.05) is 42.4 Å². The number of ketones is 1. The molecule has 0 radical (unpaired) electrons. The Hall–Kier alpha value is -2.31. The number of fused-ring (bicyclic) bond motifs is 4. The molecule has 1 saturated carbocycles. The van der Waals surface area contributed by atoms with Gasteiger partial charge in [0.2, 0.25) is 0 Å². The maximum Gasteiger partial charge on any atom is 0.155 e. The van der Waals surface area contributed by atoms with Gasteiger partial charge in [-0.2, -0.15) is 0 Å². The number of rotatable bonds is 3. The lowest BCUT2D eigenvalue weighted by molar-refractivity contribution is -0.115. The molecular weight excluding hydrogens is 378 g/mol. The second kappa shape index (κ2) is 7.68. The largest absolute Gasteiger partial charge is 0.378 e. The van der Waals surface area contributed by atoms with E-state index in [9.17, 15) is 4.79 Å². The molecule has 0 saturated heterocycles. The van der Waals surface area contributed by atoms with Crippen LogP contribution in [0.3, 0.4) is 0 Å². The van der Waals surface area contributed by atoms with Crippen LogP contribution in [0.1, 0.15) is 63.4 Å². The second-order valence-corrected chi connectivity index (χ2v) is 10.6. The van der Waals surface area contributed by atoms with Crippen LogP contribution in [0.25, 0.3) is 0 Å². The lowest BCUT2D eigenvalue weighted by Gasteiger charge is -2.50. The quantitative estimate of drug-likeness (QED) is 0.410. The van der Waals surface area contributed by atoms with Gasteiger partial charge in [0.05, 0.1) is 0 Å². The van der Waals surface area contributed by atoms with Crippen molar-refractivity contribution in [3.05, 3.63) is 71.0 Å². The molecule has 0 bridgehead atoms. The van der Waals surface area contributed by atoms with Crippen LogP contribution in [0.4, 0.5) is 5.69 Å². The van der Waals surface area contributed by atoms with E-state index >= 15 is 0 Å². The molecule has 0 unspecified atom stereocenters. The fraction of sp³-hybridized carbons (Fsp3) is 0.517. The standard InChI is InChI=1S/C29H35NO/c1-5-6-21-10-16-27-25-14-9-20-17-23(31)13-15-24(20)28(25)26(18-29(21,27)2)19-7-11-22(12-8-19)30(3)4/h6-8,11-12,17,21,24,26-27H,1,9-10,13-16,18H2,2-4H3/t21-,24+,26-,27+,29-/m1/s1. The molecule has 1 aromatic rings. The molecule has 5 rings (SSSR count). The minimum atomic E-state index is 0.278. The molecule has 1 aromatic carbocycles. The van der Waals surface area contributed by atoms with E-state index in [2.05, 4.69) is 68.6 Å². The van der Waals surface area contributed by atoms with E-state index < -0.39 is 0 Å². The summed E-state index contributed by atoms with van der Waals surface area (Å²) in [7, 11) is 4.20. The van der Waals surface area contributed by atoms with E-state index in [0.717, 1.165) is 19.3 Å². The van der Waals surface area contributed by atoms with Crippen molar-refractivity contribution < 1.29 is 4.79 Å². The number of benzene rings is 1. The van der Waals surface area contributed by atoms with Gasteiger partial charge in [-0.25, -0.2) is 0 Å². The molecule has 2 heteroatoms. The van der Waals surface area contributed by atoms with Crippen molar-refractivity contribution in [1.82, 2.24) is 0 Å². The predicted octanol–water partition coefficient (Wildman–Crippen LogP) is 6.61. The zero-order chi connectivity index (χ0) is 21.8. The van der Waals surface area contributed by atoms with Gasteiger partial charge in [0.1, 0.15) is 0 Å². The van der Waals surface area contributed by atoms with Crippen molar-refractivity contribution in [2.45, 2.75) is 57.8 Å². The summed E-state index contributed by atoms with van der Waals surface area (Å²) >= 11 is 0. The summed E-state index contributed by atoms with van der Waals surface area (Å²) in [5.41, 5.74) is 10.9. The van der Waals surface area contributed by atoms with Gasteiger partial charge in [-0.15, -0.1) is 5.73 Å². The lowest BCUT2D eigenvalue weighted by atomic mass is 9.54. The highest BCUT2D eigenvalue weighted by Crippen LogP contribution is 2.64. The van der Waals surface area contributed by atoms with Crippen LogP contribution < -0.4 is 4.90 Å². The average molecular weight is 414 g/mol. The third-order valence-corrected chi connectivity index (χ3v) is 8.88. The molecule has 4 aliphatic rings. The van der Waals surface area contributed by atoms with Crippen molar-refractivity contribution in [1.29, 1.82) is 0 Å². The van der Waals surface area contributed by atoms with E-state index in [1.54, 1.807) is 11.1 Å². The predicted molar refractivity (Wildman–Crippen MR) is 128 cm³/mol. The highest BCUT2D eigenvalue weighted by Gasteiger charge is 2.54. The second-order valence-electron chi connectivity index (χ2n) is 10.6. The van der Waals surface area contributed by atoms with Gasteiger partial charge in [0, 0.05) is 38.0 Å². The number of carbonyl (C=O) groups excluding carboxylic acids is 1. The molecule has 0 N–H and O–H groups in total. The van der Waals surface area contributed by atoms with Crippen LogP contribution in [-0.2, 0) is 4.79 Å². The van der Waals surface area contributed by atoms with Crippen LogP contribution >= 0.6 is 0 Å². The summed E-state index contributed by atoms with van der Waals surface area (Å²) in [6, 6.07) is 9.24. The van der Waals surface area contributed by atoms with Crippen molar-refractivity contribution in [3.63, 3.8) is 0 Å². The summed E-state index contributed by atoms with van der Waals surface area (Å²) in [5, 5.41) is 0. The zero-order valence-electron chi connectivity index (χ0n) is 19.3. The van der Waals surface area contributed by atoms with E-state index in [0.29, 0.717) is 35.9 Å². The van der Waals surface area contributed by atoms with Gasteiger partial charge < -0.3 is 4.90 Å². The fourth-order valence-corrected chi connectivity index (χ4v) is 7.34. The Kier molecular flexibility index (Phi) is 5.10. The number of anilines is 1. The molecule has 0 amide bonds. The minimum Gasteiger partial charge on any atom is -0.378 e. The van der Waals surface area contributed by atoms with Crippen molar-refractivity contribution in [2.24, 2.45) is 23.2 Å². The number of carbonyl (C=O) groups is 1. The van der Waals surface area contributed by atoms with Crippen LogP contribution in [0.15, 0.2) is 65.4 Å². The maximum absolute atomic E-state index is 12.2. The summed E-state index contributed by atoms with van der Waals surface area (Å²) < 4.78 is 0. The SMILES string of the molecule is C=C=C[C@@H]1CC[C@H]2C3=C([C@H]4CCC(=O)C=C4CC3)[C@@H](c3ccc(N(C)C)cc3)C[C@]12C. The smallest absolute Gasteiger partial charge is 0.155 e. The number of allylic oxidation sites excluding steroid dienone is 5. The van der Waals surface area contributed by atoms with Crippen molar-refractivity contribution in [3.8, 4) is 0 Å². The first kappa shape index (κ1) is 20.6. The number of hydrogen-bond donors (Lipinski definition) is 0. The molecule has 0 spiro atoms. The summed E-state index contributed by atoms with van der Waals surface area (Å²) in [4.78, 5) is 14.3. The average Bonchev–Trinajstić information content (AvgIpc) is 3.09. The van der Waals surface area contributed by atoms with E-state index in [4.69, 9.17) is 0 Å². The first-order valence-corrected chi connectivity index (χ1v) is 12.0. The van der Waals surface area contributed by atoms with Gasteiger partial charge in [0.15, 0.2) is 5.78 Å². The Balaban J connectivity index is 1.64. The molecule has 1 fully saturated rings. The Morgan fingerprint density at radius 2 is 1.84 bits per heavy atom.